The van der Waals surface area contributed by atoms with Crippen molar-refractivity contribution >= 4 is 10.8 Å². The summed E-state index contributed by atoms with van der Waals surface area (Å²) in [6.45, 7) is 9.76. The van der Waals surface area contributed by atoms with Crippen LogP contribution in [0.25, 0.3) is 10.8 Å². The predicted molar refractivity (Wildman–Crippen MR) is 172 cm³/mol. The Bertz CT molecular complexity index is 1810. The van der Waals surface area contributed by atoms with Crippen LogP contribution in [0.2, 0.25) is 0 Å². The molecule has 0 atom stereocenters. The maximum absolute atomic E-state index is 2.44. The van der Waals surface area contributed by atoms with Crippen LogP contribution in [0.5, 0.6) is 0 Å². The van der Waals surface area contributed by atoms with Crippen molar-refractivity contribution in [3.63, 3.8) is 0 Å². The van der Waals surface area contributed by atoms with Crippen LogP contribution in [-0.2, 0) is 0 Å². The number of rotatable bonds is 0. The molecule has 4 bridgehead atoms. The van der Waals surface area contributed by atoms with Gasteiger partial charge in [-0.15, -0.1) is 0 Å². The minimum Gasteiger partial charge on any atom is -0.0619 e. The van der Waals surface area contributed by atoms with Crippen molar-refractivity contribution in [1.29, 1.82) is 0 Å². The molecule has 0 heterocycles. The lowest BCUT2D eigenvalue weighted by molar-refractivity contribution is 0.739. The van der Waals surface area contributed by atoms with Crippen LogP contribution in [0, 0.1) is 27.7 Å². The first kappa shape index (κ1) is 23.2. The molecule has 6 aromatic carbocycles. The van der Waals surface area contributed by atoms with Gasteiger partial charge in [0.2, 0.25) is 0 Å². The van der Waals surface area contributed by atoms with Gasteiger partial charge < -0.3 is 0 Å². The number of benzene rings is 6. The van der Waals surface area contributed by atoms with E-state index in [2.05, 4.69) is 125 Å². The molecule has 0 fully saturated rings. The lowest BCUT2D eigenvalue weighted by Gasteiger charge is -2.46. The lowest BCUT2D eigenvalue weighted by atomic mass is 9.56. The maximum Gasteiger partial charge on any atom is 0.0352 e. The maximum atomic E-state index is 2.44. The molecule has 0 amide bonds. The Morgan fingerprint density at radius 3 is 0.619 bits per heavy atom. The van der Waals surface area contributed by atoms with Gasteiger partial charge in [-0.05, 0) is 127 Å². The minimum atomic E-state index is 0.300. The molecule has 6 aliphatic rings. The Labute approximate surface area is 247 Å². The van der Waals surface area contributed by atoms with Crippen molar-refractivity contribution in [1.82, 2.24) is 0 Å². The molecule has 0 heteroatoms. The van der Waals surface area contributed by atoms with Crippen LogP contribution < -0.4 is 0 Å². The van der Waals surface area contributed by atoms with Crippen molar-refractivity contribution in [3.05, 3.63) is 186 Å². The third kappa shape index (κ3) is 2.46. The van der Waals surface area contributed by atoms with Crippen molar-refractivity contribution in [2.45, 2.75) is 51.4 Å². The Balaban J connectivity index is 1.36. The summed E-state index contributed by atoms with van der Waals surface area (Å²) < 4.78 is 0. The predicted octanol–water partition coefficient (Wildman–Crippen LogP) is 10.0. The van der Waals surface area contributed by atoms with E-state index in [1.807, 2.05) is 0 Å². The Morgan fingerprint density at radius 1 is 0.286 bits per heavy atom. The van der Waals surface area contributed by atoms with Crippen LogP contribution >= 0.6 is 0 Å². The summed E-state index contributed by atoms with van der Waals surface area (Å²) in [5.41, 5.74) is 24.3. The first-order valence-corrected chi connectivity index (χ1v) is 15.5. The van der Waals surface area contributed by atoms with Crippen LogP contribution in [0.15, 0.2) is 97.1 Å². The molecule has 12 rings (SSSR count). The van der Waals surface area contributed by atoms with Gasteiger partial charge in [0.1, 0.15) is 0 Å². The van der Waals surface area contributed by atoms with E-state index in [9.17, 15) is 0 Å². The largest absolute Gasteiger partial charge is 0.0619 e. The van der Waals surface area contributed by atoms with E-state index in [1.165, 1.54) is 77.5 Å². The van der Waals surface area contributed by atoms with Crippen molar-refractivity contribution in [3.8, 4) is 0 Å². The van der Waals surface area contributed by atoms with Gasteiger partial charge in [-0.25, -0.2) is 0 Å². The molecule has 200 valence electrons. The average Bonchev–Trinajstić information content (AvgIpc) is 3.04. The zero-order valence-electron chi connectivity index (χ0n) is 24.5. The number of hydrogen-bond donors (Lipinski definition) is 0. The molecule has 0 nitrogen and oxygen atoms in total. The van der Waals surface area contributed by atoms with Gasteiger partial charge in [0.15, 0.2) is 0 Å². The highest BCUT2D eigenvalue weighted by atomic mass is 14.5. The molecular formula is C42H32. The summed E-state index contributed by atoms with van der Waals surface area (Å²) in [6, 6.07) is 37.0. The molecule has 0 unspecified atom stereocenters. The molecule has 0 aromatic heterocycles. The Morgan fingerprint density at radius 2 is 0.452 bits per heavy atom. The first-order chi connectivity index (χ1) is 20.6. The van der Waals surface area contributed by atoms with Crippen molar-refractivity contribution in [2.75, 3.05) is 0 Å². The molecule has 0 radical (unpaired) electrons. The molecule has 42 heavy (non-hydrogen) atoms. The highest BCUT2D eigenvalue weighted by Crippen LogP contribution is 2.62. The molecular weight excluding hydrogens is 504 g/mol. The number of hydrogen-bond acceptors (Lipinski definition) is 0. The fraction of sp³-hybridized carbons (Fsp3) is 0.190. The Kier molecular flexibility index (Phi) is 4.25. The summed E-state index contributed by atoms with van der Waals surface area (Å²) in [6.07, 6.45) is 0. The van der Waals surface area contributed by atoms with E-state index in [4.69, 9.17) is 0 Å². The molecule has 0 spiro atoms. The fourth-order valence-corrected chi connectivity index (χ4v) is 10.2. The third-order valence-corrected chi connectivity index (χ3v) is 11.6. The van der Waals surface area contributed by atoms with Crippen molar-refractivity contribution < 1.29 is 0 Å². The van der Waals surface area contributed by atoms with Gasteiger partial charge in [-0.2, -0.15) is 0 Å². The van der Waals surface area contributed by atoms with E-state index in [0.29, 0.717) is 23.7 Å². The van der Waals surface area contributed by atoms with Gasteiger partial charge in [0, 0.05) is 23.7 Å². The van der Waals surface area contributed by atoms with Gasteiger partial charge >= 0.3 is 0 Å². The molecule has 0 aliphatic heterocycles. The fourth-order valence-electron chi connectivity index (χ4n) is 10.2. The van der Waals surface area contributed by atoms with Crippen LogP contribution in [0.1, 0.15) is 113 Å². The summed E-state index contributed by atoms with van der Waals surface area (Å²) >= 11 is 0. The number of fused-ring (bicyclic) bond motifs is 1. The van der Waals surface area contributed by atoms with E-state index >= 15 is 0 Å². The highest BCUT2D eigenvalue weighted by molar-refractivity contribution is 6.00. The SMILES string of the molecule is Cc1c2c(c(C)c3c(C)c4c(c(C)c13)C1c3ccccc3C4c3ccccc31)C1c3ccccc3C2c2ccccc21. The van der Waals surface area contributed by atoms with Crippen LogP contribution in [0.4, 0.5) is 0 Å². The van der Waals surface area contributed by atoms with Gasteiger partial charge in [0.05, 0.1) is 0 Å². The second kappa shape index (κ2) is 7.69. The summed E-state index contributed by atoms with van der Waals surface area (Å²) in [5.74, 6) is 1.20. The van der Waals surface area contributed by atoms with Gasteiger partial charge in [-0.1, -0.05) is 97.1 Å². The molecule has 0 N–H and O–H groups in total. The third-order valence-electron chi connectivity index (χ3n) is 11.6. The van der Waals surface area contributed by atoms with E-state index in [-0.39, 0.29) is 0 Å². The summed E-state index contributed by atoms with van der Waals surface area (Å²) in [7, 11) is 0. The molecule has 0 saturated carbocycles. The average molecular weight is 537 g/mol. The number of aryl methyl sites for hydroxylation is 4. The van der Waals surface area contributed by atoms with E-state index in [0.717, 1.165) is 0 Å². The normalized spacial score (nSPS) is 21.3. The molecule has 6 aliphatic carbocycles. The topological polar surface area (TPSA) is 0 Å². The minimum absolute atomic E-state index is 0.300. The first-order valence-electron chi connectivity index (χ1n) is 15.5. The monoisotopic (exact) mass is 536 g/mol. The zero-order valence-corrected chi connectivity index (χ0v) is 24.5. The smallest absolute Gasteiger partial charge is 0.0352 e. The van der Waals surface area contributed by atoms with Crippen LogP contribution in [0.3, 0.4) is 0 Å². The molecule has 0 saturated heterocycles. The van der Waals surface area contributed by atoms with Gasteiger partial charge in [0.25, 0.3) is 0 Å². The lowest BCUT2D eigenvalue weighted by Crippen LogP contribution is -2.31. The Hall–Kier alpha value is -4.42. The second-order valence-electron chi connectivity index (χ2n) is 13.2. The summed E-state index contributed by atoms with van der Waals surface area (Å²) in [5, 5.41) is 3.01. The standard InChI is InChI=1S/C42H32/c1-21-33-22(2)37-38(42-31-19-11-9-17-29(31)41(37)30-18-10-12-20-32(30)42)24(4)34(33)23(3)36-35(21)39-25-13-5-7-15-27(25)40(36)28-16-8-6-14-26(28)39/h5-20,39-42H,1-4H3. The quantitative estimate of drug-likeness (QED) is 0.181. The zero-order chi connectivity index (χ0) is 28.0. The van der Waals surface area contributed by atoms with E-state index < -0.39 is 0 Å². The van der Waals surface area contributed by atoms with E-state index in [1.54, 1.807) is 22.3 Å². The van der Waals surface area contributed by atoms with Crippen molar-refractivity contribution in [2.24, 2.45) is 0 Å². The molecule has 6 aromatic rings. The second-order valence-corrected chi connectivity index (χ2v) is 13.2. The van der Waals surface area contributed by atoms with Crippen LogP contribution in [-0.4, -0.2) is 0 Å². The summed E-state index contributed by atoms with van der Waals surface area (Å²) in [4.78, 5) is 0. The van der Waals surface area contributed by atoms with Gasteiger partial charge in [-0.3, -0.25) is 0 Å². The highest BCUT2D eigenvalue weighted by Gasteiger charge is 2.46.